The molecule has 0 aromatic heterocycles. The van der Waals surface area contributed by atoms with Crippen molar-refractivity contribution in [1.29, 1.82) is 0 Å². The van der Waals surface area contributed by atoms with Gasteiger partial charge in [0.15, 0.2) is 11.6 Å². The molecule has 0 spiro atoms. The van der Waals surface area contributed by atoms with E-state index in [2.05, 4.69) is 18.7 Å². The molecular formula is C22H24F2O. The average molecular weight is 342 g/mol. The molecule has 1 fully saturated rings. The molecule has 1 nitrogen and oxygen atoms in total. The Morgan fingerprint density at radius 2 is 1.88 bits per heavy atom. The Balaban J connectivity index is 1.90. The van der Waals surface area contributed by atoms with Crippen molar-refractivity contribution in [2.24, 2.45) is 5.92 Å². The van der Waals surface area contributed by atoms with Crippen LogP contribution in [0.4, 0.5) is 8.78 Å². The minimum atomic E-state index is -0.771. The highest BCUT2D eigenvalue weighted by atomic mass is 19.2. The number of allylic oxidation sites excluding steroid dienone is 2. The van der Waals surface area contributed by atoms with E-state index >= 15 is 0 Å². The van der Waals surface area contributed by atoms with Crippen molar-refractivity contribution in [3.8, 4) is 5.75 Å². The first-order chi connectivity index (χ1) is 12.1. The van der Waals surface area contributed by atoms with Crippen LogP contribution in [0.15, 0.2) is 49.1 Å². The topological polar surface area (TPSA) is 9.23 Å². The van der Waals surface area contributed by atoms with Crippen molar-refractivity contribution in [1.82, 2.24) is 0 Å². The van der Waals surface area contributed by atoms with Crippen molar-refractivity contribution in [3.63, 3.8) is 0 Å². The molecule has 0 atom stereocenters. The maximum absolute atomic E-state index is 14.7. The SMILES string of the molecule is C=CCOc1ccc2cc(C3CCC(/C=C/C)CC3)c(F)c(F)c2c1. The Labute approximate surface area is 148 Å². The smallest absolute Gasteiger partial charge is 0.167 e. The van der Waals surface area contributed by atoms with E-state index in [1.165, 1.54) is 0 Å². The van der Waals surface area contributed by atoms with Gasteiger partial charge in [-0.15, -0.1) is 0 Å². The third-order valence-corrected chi connectivity index (χ3v) is 5.06. The minimum absolute atomic E-state index is 0.0945. The van der Waals surface area contributed by atoms with E-state index in [4.69, 9.17) is 4.74 Å². The number of benzene rings is 2. The van der Waals surface area contributed by atoms with Gasteiger partial charge in [0, 0.05) is 5.39 Å². The summed E-state index contributed by atoms with van der Waals surface area (Å²) in [5, 5.41) is 0.987. The first-order valence-electron chi connectivity index (χ1n) is 8.92. The Morgan fingerprint density at radius 1 is 1.12 bits per heavy atom. The van der Waals surface area contributed by atoms with Gasteiger partial charge in [-0.2, -0.15) is 0 Å². The molecule has 1 aliphatic rings. The van der Waals surface area contributed by atoms with Crippen molar-refractivity contribution in [2.75, 3.05) is 6.61 Å². The second-order valence-electron chi connectivity index (χ2n) is 6.71. The van der Waals surface area contributed by atoms with Crippen LogP contribution in [0, 0.1) is 17.6 Å². The lowest BCUT2D eigenvalue weighted by Crippen LogP contribution is -2.13. The number of ether oxygens (including phenoxy) is 1. The first kappa shape index (κ1) is 17.7. The van der Waals surface area contributed by atoms with Gasteiger partial charge in [-0.05, 0) is 73.6 Å². The number of hydrogen-bond acceptors (Lipinski definition) is 1. The zero-order valence-corrected chi connectivity index (χ0v) is 14.6. The summed E-state index contributed by atoms with van der Waals surface area (Å²) in [4.78, 5) is 0. The van der Waals surface area contributed by atoms with Gasteiger partial charge in [0.05, 0.1) is 0 Å². The normalized spacial score (nSPS) is 20.9. The van der Waals surface area contributed by atoms with Crippen molar-refractivity contribution in [2.45, 2.75) is 38.5 Å². The molecule has 0 heterocycles. The average Bonchev–Trinajstić information content (AvgIpc) is 2.64. The summed E-state index contributed by atoms with van der Waals surface area (Å²) in [7, 11) is 0. The predicted molar refractivity (Wildman–Crippen MR) is 99.1 cm³/mol. The van der Waals surface area contributed by atoms with Crippen LogP contribution in [0.1, 0.15) is 44.1 Å². The minimum Gasteiger partial charge on any atom is -0.490 e. The second kappa shape index (κ2) is 7.81. The number of fused-ring (bicyclic) bond motifs is 1. The standard InChI is InChI=1S/C22H24F2O/c1-3-5-15-6-8-16(9-7-15)19-13-17-10-11-18(25-12-4-2)14-20(17)22(24)21(19)23/h3-5,10-11,13-16H,2,6-9,12H2,1H3/b5-3+. The highest BCUT2D eigenvalue weighted by molar-refractivity contribution is 5.85. The maximum atomic E-state index is 14.7. The summed E-state index contributed by atoms with van der Waals surface area (Å²) in [6, 6.07) is 6.96. The molecule has 3 heteroatoms. The maximum Gasteiger partial charge on any atom is 0.167 e. The van der Waals surface area contributed by atoms with Gasteiger partial charge in [0.2, 0.25) is 0 Å². The van der Waals surface area contributed by atoms with Gasteiger partial charge in [0.25, 0.3) is 0 Å². The monoisotopic (exact) mass is 342 g/mol. The van der Waals surface area contributed by atoms with E-state index in [0.29, 0.717) is 23.8 Å². The molecule has 0 amide bonds. The van der Waals surface area contributed by atoms with E-state index in [1.54, 1.807) is 24.3 Å². The van der Waals surface area contributed by atoms with Gasteiger partial charge >= 0.3 is 0 Å². The van der Waals surface area contributed by atoms with Gasteiger partial charge in [-0.3, -0.25) is 0 Å². The van der Waals surface area contributed by atoms with Crippen LogP contribution >= 0.6 is 0 Å². The second-order valence-corrected chi connectivity index (χ2v) is 6.71. The van der Waals surface area contributed by atoms with E-state index in [-0.39, 0.29) is 11.3 Å². The molecule has 2 aromatic rings. The molecule has 0 radical (unpaired) electrons. The highest BCUT2D eigenvalue weighted by Crippen LogP contribution is 2.39. The number of hydrogen-bond donors (Lipinski definition) is 0. The first-order valence-corrected chi connectivity index (χ1v) is 8.92. The lowest BCUT2D eigenvalue weighted by molar-refractivity contribution is 0.362. The van der Waals surface area contributed by atoms with Gasteiger partial charge in [-0.25, -0.2) is 8.78 Å². The van der Waals surface area contributed by atoms with Crippen LogP contribution in [0.5, 0.6) is 5.75 Å². The molecule has 132 valence electrons. The van der Waals surface area contributed by atoms with Crippen LogP contribution in [-0.4, -0.2) is 6.61 Å². The Hall–Kier alpha value is -2.16. The lowest BCUT2D eigenvalue weighted by atomic mass is 9.78. The third-order valence-electron chi connectivity index (χ3n) is 5.06. The van der Waals surface area contributed by atoms with Crippen LogP contribution < -0.4 is 4.74 Å². The lowest BCUT2D eigenvalue weighted by Gasteiger charge is -2.27. The molecule has 0 aliphatic heterocycles. The summed E-state index contributed by atoms with van der Waals surface area (Å²) >= 11 is 0. The summed E-state index contributed by atoms with van der Waals surface area (Å²) < 4.78 is 34.8. The quantitative estimate of drug-likeness (QED) is 0.561. The molecule has 0 unspecified atom stereocenters. The van der Waals surface area contributed by atoms with Crippen molar-refractivity contribution < 1.29 is 13.5 Å². The molecular weight excluding hydrogens is 318 g/mol. The molecule has 0 N–H and O–H groups in total. The fourth-order valence-electron chi connectivity index (χ4n) is 3.76. The summed E-state index contributed by atoms with van der Waals surface area (Å²) in [5.41, 5.74) is 0.517. The number of rotatable bonds is 5. The van der Waals surface area contributed by atoms with E-state index in [1.807, 2.05) is 13.0 Å². The molecule has 1 saturated carbocycles. The van der Waals surface area contributed by atoms with Crippen molar-refractivity contribution >= 4 is 10.8 Å². The van der Waals surface area contributed by atoms with Crippen LogP contribution in [-0.2, 0) is 0 Å². The molecule has 0 bridgehead atoms. The van der Waals surface area contributed by atoms with Gasteiger partial charge in [-0.1, -0.05) is 30.9 Å². The van der Waals surface area contributed by atoms with E-state index in [9.17, 15) is 8.78 Å². The van der Waals surface area contributed by atoms with Crippen LogP contribution in [0.3, 0.4) is 0 Å². The third kappa shape index (κ3) is 3.76. The summed E-state index contributed by atoms with van der Waals surface area (Å²) in [5.74, 6) is -0.295. The highest BCUT2D eigenvalue weighted by Gasteiger charge is 2.25. The molecule has 3 rings (SSSR count). The summed E-state index contributed by atoms with van der Waals surface area (Å²) in [6.07, 6.45) is 9.78. The van der Waals surface area contributed by atoms with Gasteiger partial charge < -0.3 is 4.74 Å². The summed E-state index contributed by atoms with van der Waals surface area (Å²) in [6.45, 7) is 5.95. The van der Waals surface area contributed by atoms with E-state index < -0.39 is 11.6 Å². The number of halogens is 2. The Morgan fingerprint density at radius 3 is 2.56 bits per heavy atom. The predicted octanol–water partition coefficient (Wildman–Crippen LogP) is 6.53. The fraction of sp³-hybridized carbons (Fsp3) is 0.364. The molecule has 1 aliphatic carbocycles. The largest absolute Gasteiger partial charge is 0.490 e. The zero-order chi connectivity index (χ0) is 17.8. The molecule has 25 heavy (non-hydrogen) atoms. The van der Waals surface area contributed by atoms with Crippen LogP contribution in [0.2, 0.25) is 0 Å². The van der Waals surface area contributed by atoms with Crippen molar-refractivity contribution in [3.05, 3.63) is 66.3 Å². The molecule has 0 saturated heterocycles. The molecule has 2 aromatic carbocycles. The Bertz CT molecular complexity index is 786. The Kier molecular flexibility index (Phi) is 5.52. The van der Waals surface area contributed by atoms with Crippen LogP contribution in [0.25, 0.3) is 10.8 Å². The van der Waals surface area contributed by atoms with E-state index in [0.717, 1.165) is 31.1 Å². The zero-order valence-electron chi connectivity index (χ0n) is 14.6. The fourth-order valence-corrected chi connectivity index (χ4v) is 3.76. The van der Waals surface area contributed by atoms with Gasteiger partial charge in [0.1, 0.15) is 12.4 Å².